The topological polar surface area (TPSA) is 52.4 Å². The first-order chi connectivity index (χ1) is 8.90. The second-order valence-corrected chi connectivity index (χ2v) is 6.43. The summed E-state index contributed by atoms with van der Waals surface area (Å²) in [4.78, 5) is 11.0. The molecule has 19 heavy (non-hydrogen) atoms. The molecule has 1 aromatic carbocycles. The van der Waals surface area contributed by atoms with E-state index >= 15 is 0 Å². The Balaban J connectivity index is 2.21. The lowest BCUT2D eigenvalue weighted by molar-refractivity contribution is -0.385. The van der Waals surface area contributed by atoms with Crippen molar-refractivity contribution in [2.75, 3.05) is 0 Å². The zero-order valence-corrected chi connectivity index (χ0v) is 12.9. The molecule has 0 N–H and O–H groups in total. The van der Waals surface area contributed by atoms with E-state index in [9.17, 15) is 10.1 Å². The van der Waals surface area contributed by atoms with E-state index in [4.69, 9.17) is 4.74 Å². The molecular weight excluding hydrogens is 310 g/mol. The average Bonchev–Trinajstić information content (AvgIpc) is 2.39. The van der Waals surface area contributed by atoms with Gasteiger partial charge in [0.1, 0.15) is 11.9 Å². The van der Waals surface area contributed by atoms with E-state index in [0.29, 0.717) is 16.1 Å². The largest absolute Gasteiger partial charge is 0.489 e. The van der Waals surface area contributed by atoms with Crippen LogP contribution in [0.2, 0.25) is 0 Å². The Kier molecular flexibility index (Phi) is 3.85. The van der Waals surface area contributed by atoms with Crippen LogP contribution in [0.1, 0.15) is 32.3 Å². The molecule has 1 aromatic rings. The van der Waals surface area contributed by atoms with Gasteiger partial charge in [0.05, 0.1) is 10.5 Å². The van der Waals surface area contributed by atoms with E-state index in [2.05, 4.69) is 29.8 Å². The van der Waals surface area contributed by atoms with Crippen molar-refractivity contribution in [3.63, 3.8) is 0 Å². The number of rotatable bonds is 4. The normalized spacial score (nSPS) is 29.7. The van der Waals surface area contributed by atoms with Crippen molar-refractivity contribution in [2.45, 2.75) is 44.5 Å². The maximum absolute atomic E-state index is 10.9. The molecule has 0 aliphatic heterocycles. The summed E-state index contributed by atoms with van der Waals surface area (Å²) in [7, 11) is 0. The molecule has 104 valence electrons. The van der Waals surface area contributed by atoms with Crippen LogP contribution in [0.25, 0.3) is 0 Å². The molecule has 1 fully saturated rings. The Labute approximate surface area is 121 Å². The monoisotopic (exact) mass is 327 g/mol. The molecule has 3 unspecified atom stereocenters. The van der Waals surface area contributed by atoms with Gasteiger partial charge in [-0.15, -0.1) is 0 Å². The van der Waals surface area contributed by atoms with Gasteiger partial charge in [-0.1, -0.05) is 35.8 Å². The van der Waals surface area contributed by atoms with E-state index in [1.54, 1.807) is 19.1 Å². The lowest BCUT2D eigenvalue weighted by Crippen LogP contribution is -2.54. The molecule has 1 saturated carbocycles. The number of hydrogen-bond acceptors (Lipinski definition) is 3. The van der Waals surface area contributed by atoms with Crippen molar-refractivity contribution in [1.29, 1.82) is 0 Å². The van der Waals surface area contributed by atoms with Gasteiger partial charge in [-0.3, -0.25) is 10.1 Å². The molecule has 4 nitrogen and oxygen atoms in total. The highest BCUT2D eigenvalue weighted by Crippen LogP contribution is 2.50. The van der Waals surface area contributed by atoms with Crippen LogP contribution < -0.4 is 4.74 Å². The predicted octanol–water partition coefficient (Wildman–Crippen LogP) is 4.23. The fourth-order valence-corrected chi connectivity index (χ4v) is 3.44. The summed E-state index contributed by atoms with van der Waals surface area (Å²) in [6.45, 7) is 6.07. The van der Waals surface area contributed by atoms with Crippen LogP contribution >= 0.6 is 15.9 Å². The number of ether oxygens (including phenoxy) is 1. The van der Waals surface area contributed by atoms with E-state index in [1.165, 1.54) is 6.07 Å². The van der Waals surface area contributed by atoms with Crippen molar-refractivity contribution < 1.29 is 9.66 Å². The number of nitrogens with zero attached hydrogens (tertiary/aromatic N) is 1. The molecule has 1 aliphatic carbocycles. The fourth-order valence-electron chi connectivity index (χ4n) is 2.48. The molecule has 0 saturated heterocycles. The number of hydrogen-bond donors (Lipinski definition) is 0. The zero-order valence-electron chi connectivity index (χ0n) is 11.4. The lowest BCUT2D eigenvalue weighted by atomic mass is 9.65. The molecule has 0 amide bonds. The Morgan fingerprint density at radius 3 is 2.79 bits per heavy atom. The van der Waals surface area contributed by atoms with Gasteiger partial charge in [0.2, 0.25) is 0 Å². The Morgan fingerprint density at radius 2 is 2.26 bits per heavy atom. The van der Waals surface area contributed by atoms with Gasteiger partial charge in [-0.05, 0) is 25.8 Å². The third-order valence-electron chi connectivity index (χ3n) is 4.36. The Morgan fingerprint density at radius 1 is 1.58 bits per heavy atom. The molecule has 0 aromatic heterocycles. The molecule has 0 spiro atoms. The molecule has 5 heteroatoms. The Bertz CT molecular complexity index is 505. The third kappa shape index (κ3) is 2.36. The zero-order chi connectivity index (χ0) is 14.2. The minimum atomic E-state index is -0.366. The highest BCUT2D eigenvalue weighted by molar-refractivity contribution is 9.09. The number of halogens is 1. The maximum Gasteiger partial charge on any atom is 0.276 e. The number of nitro groups is 1. The minimum absolute atomic E-state index is 0.0943. The summed E-state index contributed by atoms with van der Waals surface area (Å²) < 4.78 is 6.01. The van der Waals surface area contributed by atoms with E-state index in [0.717, 1.165) is 12.8 Å². The summed E-state index contributed by atoms with van der Waals surface area (Å²) in [6, 6.07) is 4.99. The second kappa shape index (κ2) is 5.12. The predicted molar refractivity (Wildman–Crippen MR) is 78.0 cm³/mol. The highest BCUT2D eigenvalue weighted by atomic mass is 79.9. The van der Waals surface area contributed by atoms with Crippen LogP contribution in [0.3, 0.4) is 0 Å². The van der Waals surface area contributed by atoms with Gasteiger partial charge in [0.25, 0.3) is 5.69 Å². The first-order valence-corrected chi connectivity index (χ1v) is 7.36. The molecule has 3 atom stereocenters. The van der Waals surface area contributed by atoms with E-state index in [1.807, 2.05) is 0 Å². The molecule has 0 radical (unpaired) electrons. The van der Waals surface area contributed by atoms with Crippen LogP contribution in [-0.2, 0) is 0 Å². The minimum Gasteiger partial charge on any atom is -0.489 e. The van der Waals surface area contributed by atoms with E-state index < -0.39 is 0 Å². The van der Waals surface area contributed by atoms with Gasteiger partial charge in [0.15, 0.2) is 0 Å². The quantitative estimate of drug-likeness (QED) is 0.472. The van der Waals surface area contributed by atoms with Crippen molar-refractivity contribution in [3.05, 3.63) is 33.9 Å². The van der Waals surface area contributed by atoms with Gasteiger partial charge < -0.3 is 4.74 Å². The summed E-state index contributed by atoms with van der Waals surface area (Å²) in [5.41, 5.74) is 0.811. The number of nitro benzene ring substituents is 1. The van der Waals surface area contributed by atoms with Crippen LogP contribution in [0.4, 0.5) is 5.69 Å². The number of alkyl halides is 1. The van der Waals surface area contributed by atoms with Crippen molar-refractivity contribution in [3.8, 4) is 5.75 Å². The van der Waals surface area contributed by atoms with Gasteiger partial charge >= 0.3 is 0 Å². The van der Waals surface area contributed by atoms with Gasteiger partial charge in [-0.25, -0.2) is 0 Å². The maximum atomic E-state index is 10.9. The van der Waals surface area contributed by atoms with Crippen LogP contribution in [0.15, 0.2) is 18.2 Å². The molecule has 2 rings (SSSR count). The van der Waals surface area contributed by atoms with Crippen molar-refractivity contribution >= 4 is 21.6 Å². The average molecular weight is 328 g/mol. The lowest BCUT2D eigenvalue weighted by Gasteiger charge is -2.50. The highest BCUT2D eigenvalue weighted by Gasteiger charge is 2.51. The first kappa shape index (κ1) is 14.3. The van der Waals surface area contributed by atoms with Gasteiger partial charge in [0, 0.05) is 16.3 Å². The number of benzene rings is 1. The van der Waals surface area contributed by atoms with Crippen molar-refractivity contribution in [2.24, 2.45) is 5.41 Å². The van der Waals surface area contributed by atoms with Crippen LogP contribution in [-0.4, -0.2) is 15.9 Å². The molecule has 0 heterocycles. The summed E-state index contributed by atoms with van der Waals surface area (Å²) >= 11 is 3.66. The Hall–Kier alpha value is -1.10. The summed E-state index contributed by atoms with van der Waals surface area (Å²) in [5, 5.41) is 10.9. The summed E-state index contributed by atoms with van der Waals surface area (Å²) in [5.74, 6) is 0.623. The molecular formula is C14H18BrNO3. The van der Waals surface area contributed by atoms with Gasteiger partial charge in [-0.2, -0.15) is 0 Å². The second-order valence-electron chi connectivity index (χ2n) is 5.33. The van der Waals surface area contributed by atoms with Crippen molar-refractivity contribution in [1.82, 2.24) is 0 Å². The van der Waals surface area contributed by atoms with Crippen LogP contribution in [0, 0.1) is 22.5 Å². The van der Waals surface area contributed by atoms with Crippen LogP contribution in [0.5, 0.6) is 5.75 Å². The SMILES string of the molecule is CCC1(C)C(Br)CC1Oc1cccc([N+](=O)[O-])c1C. The molecule has 0 bridgehead atoms. The summed E-state index contributed by atoms with van der Waals surface area (Å²) in [6.07, 6.45) is 2.07. The third-order valence-corrected chi connectivity index (χ3v) is 5.78. The smallest absolute Gasteiger partial charge is 0.276 e. The first-order valence-electron chi connectivity index (χ1n) is 6.45. The molecule has 1 aliphatic rings. The van der Waals surface area contributed by atoms with E-state index in [-0.39, 0.29) is 22.1 Å². The standard InChI is InChI=1S/C14H18BrNO3/c1-4-14(3)12(15)8-13(14)19-11-7-5-6-10(9(11)2)16(17)18/h5-7,12-13H,4,8H2,1-3H3. The fraction of sp³-hybridized carbons (Fsp3) is 0.571.